The van der Waals surface area contributed by atoms with Gasteiger partial charge in [0.1, 0.15) is 0 Å². The largest absolute Gasteiger partial charge is 0.469 e. The van der Waals surface area contributed by atoms with Crippen LogP contribution in [0.1, 0.15) is 41.5 Å². The lowest BCUT2D eigenvalue weighted by atomic mass is 9.93. The lowest BCUT2D eigenvalue weighted by molar-refractivity contribution is -0.140. The number of nitrogens with zero attached hydrogens (tertiary/aromatic N) is 2. The van der Waals surface area contributed by atoms with Crippen molar-refractivity contribution in [1.82, 2.24) is 4.57 Å². The number of carbonyl (C=O) groups is 1. The van der Waals surface area contributed by atoms with E-state index in [0.29, 0.717) is 30.7 Å². The molecule has 0 amide bonds. The number of aromatic nitrogens is 1. The Hall–Kier alpha value is -3.74. The average molecular weight is 449 g/mol. The highest BCUT2D eigenvalue weighted by Crippen LogP contribution is 2.43. The van der Waals surface area contributed by atoms with Gasteiger partial charge in [-0.1, -0.05) is 6.08 Å². The van der Waals surface area contributed by atoms with E-state index in [2.05, 4.69) is 24.8 Å². The van der Waals surface area contributed by atoms with Gasteiger partial charge in [-0.25, -0.2) is 4.79 Å². The van der Waals surface area contributed by atoms with Gasteiger partial charge in [0.05, 0.1) is 18.3 Å². The van der Waals surface area contributed by atoms with Crippen LogP contribution in [0.4, 0.5) is 5.69 Å². The Morgan fingerprint density at radius 1 is 1.12 bits per heavy atom. The predicted molar refractivity (Wildman–Crippen MR) is 128 cm³/mol. The van der Waals surface area contributed by atoms with Crippen LogP contribution in [-0.2, 0) is 16.6 Å². The Kier molecular flexibility index (Phi) is 5.89. The van der Waals surface area contributed by atoms with Gasteiger partial charge in [0.15, 0.2) is 17.2 Å². The number of hydrogen-bond donors (Lipinski definition) is 0. The van der Waals surface area contributed by atoms with Crippen molar-refractivity contribution >= 4 is 28.3 Å². The van der Waals surface area contributed by atoms with E-state index in [1.165, 1.54) is 11.7 Å². The molecule has 0 fully saturated rings. The normalized spacial score (nSPS) is 13.4. The smallest absolute Gasteiger partial charge is 0.419 e. The second-order valence-corrected chi connectivity index (χ2v) is 8.35. The molecule has 0 saturated carbocycles. The Balaban J connectivity index is 1.84. The number of oxazole rings is 1. The number of unbranched alkanes of at least 4 members (excludes halogenated alkanes) is 1. The number of hydrogen-bond acceptors (Lipinski definition) is 6. The molecule has 7 nitrogen and oxygen atoms in total. The average Bonchev–Trinajstić information content (AvgIpc) is 3.24. The Morgan fingerprint density at radius 3 is 2.55 bits per heavy atom. The van der Waals surface area contributed by atoms with Gasteiger partial charge in [-0.05, 0) is 85.4 Å². The molecule has 7 heteroatoms. The molecule has 1 aliphatic heterocycles. The first-order valence-corrected chi connectivity index (χ1v) is 10.8. The number of rotatable bonds is 6. The second-order valence-electron chi connectivity index (χ2n) is 8.35. The maximum atomic E-state index is 12.1. The van der Waals surface area contributed by atoms with E-state index < -0.39 is 0 Å². The van der Waals surface area contributed by atoms with Crippen LogP contribution in [0.2, 0.25) is 0 Å². The van der Waals surface area contributed by atoms with Crippen LogP contribution in [-0.4, -0.2) is 24.7 Å². The Bertz CT molecular complexity index is 1360. The van der Waals surface area contributed by atoms with Gasteiger partial charge in [0, 0.05) is 20.5 Å². The van der Waals surface area contributed by atoms with E-state index in [9.17, 15) is 9.59 Å². The number of anilines is 1. The number of allylic oxidation sites excluding steroid dienone is 1. The van der Waals surface area contributed by atoms with E-state index in [4.69, 9.17) is 13.9 Å². The maximum absolute atomic E-state index is 12.1. The first-order valence-electron chi connectivity index (χ1n) is 10.8. The van der Waals surface area contributed by atoms with Gasteiger partial charge in [0.2, 0.25) is 0 Å². The summed E-state index contributed by atoms with van der Waals surface area (Å²) in [4.78, 5) is 25.6. The van der Waals surface area contributed by atoms with Gasteiger partial charge in [0.25, 0.3) is 0 Å². The van der Waals surface area contributed by atoms with Gasteiger partial charge in [-0.2, -0.15) is 0 Å². The van der Waals surface area contributed by atoms with Crippen LogP contribution in [0.25, 0.3) is 16.7 Å². The molecule has 172 valence electrons. The second kappa shape index (κ2) is 8.65. The minimum Gasteiger partial charge on any atom is -0.469 e. The molecule has 0 atom stereocenters. The molecule has 0 unspecified atom stereocenters. The zero-order valence-electron chi connectivity index (χ0n) is 19.7. The van der Waals surface area contributed by atoms with E-state index in [1.807, 2.05) is 37.9 Å². The van der Waals surface area contributed by atoms with Gasteiger partial charge in [-0.15, -0.1) is 0 Å². The minimum absolute atomic E-state index is 0.221. The van der Waals surface area contributed by atoms with Crippen molar-refractivity contribution in [3.05, 3.63) is 75.6 Å². The van der Waals surface area contributed by atoms with E-state index in [-0.39, 0.29) is 11.7 Å². The van der Waals surface area contributed by atoms with Gasteiger partial charge in [-0.3, -0.25) is 9.36 Å². The molecule has 0 saturated heterocycles. The number of aryl methyl sites for hydroxylation is 3. The standard InChI is InChI=1S/C26H28N2O5/c1-15-11-18(13-21-24(15)32-17(3)27(21)4)20(9-7-8-10-23(29)31-6)19-12-16(2)25-22(14-19)28(5)26(30)33-25/h9,11-14H,3,7-8,10H2,1-2,4-6H3/b20-9-. The molecule has 0 N–H and O–H groups in total. The zero-order valence-corrected chi connectivity index (χ0v) is 19.7. The summed E-state index contributed by atoms with van der Waals surface area (Å²) in [6.07, 6.45) is 3.86. The van der Waals surface area contributed by atoms with Crippen LogP contribution >= 0.6 is 0 Å². The molecule has 0 aliphatic carbocycles. The third kappa shape index (κ3) is 4.06. The molecule has 0 bridgehead atoms. The highest BCUT2D eigenvalue weighted by molar-refractivity contribution is 5.89. The number of ether oxygens (including phenoxy) is 2. The van der Waals surface area contributed by atoms with Crippen molar-refractivity contribution in [1.29, 1.82) is 0 Å². The maximum Gasteiger partial charge on any atom is 0.419 e. The fourth-order valence-electron chi connectivity index (χ4n) is 4.16. The molecular formula is C26H28N2O5. The molecule has 1 aliphatic rings. The van der Waals surface area contributed by atoms with Crippen LogP contribution < -0.4 is 15.4 Å². The summed E-state index contributed by atoms with van der Waals surface area (Å²) in [6.45, 7) is 7.91. The Labute approximate surface area is 192 Å². The summed E-state index contributed by atoms with van der Waals surface area (Å²) < 4.78 is 17.5. The quantitative estimate of drug-likeness (QED) is 0.398. The molecule has 33 heavy (non-hydrogen) atoms. The Morgan fingerprint density at radius 2 is 1.82 bits per heavy atom. The van der Waals surface area contributed by atoms with E-state index in [1.54, 1.807) is 7.05 Å². The molecule has 0 radical (unpaired) electrons. The molecule has 4 rings (SSSR count). The van der Waals surface area contributed by atoms with E-state index >= 15 is 0 Å². The first kappa shape index (κ1) is 22.5. The number of benzene rings is 2. The number of carbonyl (C=O) groups excluding carboxylic acids is 1. The molecule has 3 aromatic rings. The molecule has 2 heterocycles. The van der Waals surface area contributed by atoms with Crippen LogP contribution in [0.5, 0.6) is 5.75 Å². The number of fused-ring (bicyclic) bond motifs is 2. The third-order valence-electron chi connectivity index (χ3n) is 6.07. The third-order valence-corrected chi connectivity index (χ3v) is 6.07. The molecule has 0 spiro atoms. The van der Waals surface area contributed by atoms with Crippen LogP contribution in [0.3, 0.4) is 0 Å². The lowest BCUT2D eigenvalue weighted by Gasteiger charge is -2.15. The molecule has 2 aromatic carbocycles. The summed E-state index contributed by atoms with van der Waals surface area (Å²) >= 11 is 0. The summed E-state index contributed by atoms with van der Waals surface area (Å²) in [6, 6.07) is 8.17. The first-order chi connectivity index (χ1) is 15.7. The van der Waals surface area contributed by atoms with Crippen LogP contribution in [0.15, 0.2) is 52.0 Å². The molecular weight excluding hydrogens is 420 g/mol. The topological polar surface area (TPSA) is 73.9 Å². The summed E-state index contributed by atoms with van der Waals surface area (Å²) in [5.41, 5.74) is 7.15. The minimum atomic E-state index is -0.389. The van der Waals surface area contributed by atoms with Crippen molar-refractivity contribution in [2.24, 2.45) is 7.05 Å². The van der Waals surface area contributed by atoms with E-state index in [0.717, 1.165) is 44.8 Å². The summed E-state index contributed by atoms with van der Waals surface area (Å²) in [5, 5.41) is 0. The monoisotopic (exact) mass is 448 g/mol. The van der Waals surface area contributed by atoms with Crippen molar-refractivity contribution in [3.8, 4) is 5.75 Å². The van der Waals surface area contributed by atoms with Gasteiger partial charge < -0.3 is 18.8 Å². The van der Waals surface area contributed by atoms with Gasteiger partial charge >= 0.3 is 11.7 Å². The van der Waals surface area contributed by atoms with Crippen molar-refractivity contribution in [3.63, 3.8) is 0 Å². The molecule has 1 aromatic heterocycles. The fourth-order valence-corrected chi connectivity index (χ4v) is 4.16. The number of esters is 1. The van der Waals surface area contributed by atoms with Crippen LogP contribution in [0, 0.1) is 13.8 Å². The highest BCUT2D eigenvalue weighted by atomic mass is 16.5. The summed E-state index contributed by atoms with van der Waals surface area (Å²) in [5.74, 6) is 0.778. The fraction of sp³-hybridized carbons (Fsp3) is 0.308. The predicted octanol–water partition coefficient (Wildman–Crippen LogP) is 4.82. The zero-order chi connectivity index (χ0) is 23.9. The summed E-state index contributed by atoms with van der Waals surface area (Å²) in [7, 11) is 5.03. The SMILES string of the molecule is C=C1Oc2c(C)cc(/C(=C/CCCC(=O)OC)c3cc(C)c4oc(=O)n(C)c4c3)cc2N1C. The van der Waals surface area contributed by atoms with Crippen molar-refractivity contribution in [2.45, 2.75) is 33.1 Å². The number of methoxy groups -OCH3 is 1. The lowest BCUT2D eigenvalue weighted by Crippen LogP contribution is -2.11. The van der Waals surface area contributed by atoms with Crippen molar-refractivity contribution in [2.75, 3.05) is 19.1 Å². The van der Waals surface area contributed by atoms with Crippen molar-refractivity contribution < 1.29 is 18.7 Å². The highest BCUT2D eigenvalue weighted by Gasteiger charge is 2.25.